The molecule has 0 spiro atoms. The Morgan fingerprint density at radius 3 is 2.94 bits per heavy atom. The highest BCUT2D eigenvalue weighted by atomic mass is 35.5. The molecule has 1 unspecified atom stereocenters. The van der Waals surface area contributed by atoms with Crippen LogP contribution >= 0.6 is 12.4 Å². The van der Waals surface area contributed by atoms with Crippen molar-refractivity contribution in [2.45, 2.75) is 5.79 Å². The summed E-state index contributed by atoms with van der Waals surface area (Å²) in [6.07, 6.45) is 1.61. The van der Waals surface area contributed by atoms with E-state index in [0.29, 0.717) is 12.5 Å². The van der Waals surface area contributed by atoms with E-state index in [1.165, 1.54) is 0 Å². The zero-order valence-corrected chi connectivity index (χ0v) is 9.95. The molecule has 16 heavy (non-hydrogen) atoms. The van der Waals surface area contributed by atoms with Gasteiger partial charge in [0, 0.05) is 7.05 Å². The summed E-state index contributed by atoms with van der Waals surface area (Å²) < 4.78 is 0. The first-order chi connectivity index (χ1) is 7.22. The van der Waals surface area contributed by atoms with Crippen molar-refractivity contribution in [3.63, 3.8) is 0 Å². The van der Waals surface area contributed by atoms with Gasteiger partial charge in [0.05, 0.1) is 19.5 Å². The van der Waals surface area contributed by atoms with E-state index in [1.807, 2.05) is 17.0 Å². The second kappa shape index (κ2) is 4.93. The third-order valence-electron chi connectivity index (χ3n) is 2.51. The van der Waals surface area contributed by atoms with Crippen LogP contribution in [0.4, 0.5) is 5.82 Å². The molecule has 0 bridgehead atoms. The van der Waals surface area contributed by atoms with Gasteiger partial charge in [0.15, 0.2) is 11.6 Å². The van der Waals surface area contributed by atoms with Gasteiger partial charge in [0.1, 0.15) is 0 Å². The highest BCUT2D eigenvalue weighted by molar-refractivity contribution is 5.85. The molecular formula is C7H16ClN7O. The zero-order chi connectivity index (χ0) is 10.9. The van der Waals surface area contributed by atoms with Gasteiger partial charge >= 0.3 is 0 Å². The van der Waals surface area contributed by atoms with Crippen LogP contribution in [0.15, 0.2) is 6.20 Å². The first-order valence-electron chi connectivity index (χ1n) is 4.64. The first kappa shape index (κ1) is 13.1. The Labute approximate surface area is 99.4 Å². The summed E-state index contributed by atoms with van der Waals surface area (Å²) in [6.45, 7) is 0.522. The van der Waals surface area contributed by atoms with Gasteiger partial charge in [0.25, 0.3) is 0 Å². The van der Waals surface area contributed by atoms with Crippen molar-refractivity contribution in [2.24, 2.45) is 0 Å². The topological polar surface area (TPSA) is 92.3 Å². The molecule has 92 valence electrons. The van der Waals surface area contributed by atoms with Crippen molar-refractivity contribution in [1.82, 2.24) is 31.2 Å². The Morgan fingerprint density at radius 2 is 2.44 bits per heavy atom. The minimum absolute atomic E-state index is 0. The summed E-state index contributed by atoms with van der Waals surface area (Å²) in [7, 11) is 3.66. The van der Waals surface area contributed by atoms with Crippen LogP contribution in [-0.4, -0.2) is 58.7 Å². The standard InChI is InChI=1S/C7H15N7O.ClH/c1-8-7(4-15)11-13(2)5-14(7)6-3-9-12-10-6;/h3,8,11,15H,4-5H2,1-2H3,(H,9,10,12);1H. The number of nitrogens with one attached hydrogen (secondary N) is 3. The van der Waals surface area contributed by atoms with Gasteiger partial charge in [-0.1, -0.05) is 0 Å². The minimum atomic E-state index is -0.717. The SMILES string of the molecule is CNC1(CO)NN(C)CN1c1cn[nH]n1.Cl. The van der Waals surface area contributed by atoms with E-state index in [9.17, 15) is 5.11 Å². The van der Waals surface area contributed by atoms with Crippen LogP contribution < -0.4 is 15.6 Å². The first-order valence-corrected chi connectivity index (χ1v) is 4.64. The smallest absolute Gasteiger partial charge is 0.185 e. The quantitative estimate of drug-likeness (QED) is 0.508. The van der Waals surface area contributed by atoms with Crippen LogP contribution in [0.1, 0.15) is 0 Å². The molecule has 8 nitrogen and oxygen atoms in total. The maximum atomic E-state index is 9.45. The molecule has 0 aliphatic carbocycles. The van der Waals surface area contributed by atoms with Gasteiger partial charge < -0.3 is 10.0 Å². The van der Waals surface area contributed by atoms with Gasteiger partial charge in [-0.2, -0.15) is 10.3 Å². The van der Waals surface area contributed by atoms with Gasteiger partial charge in [-0.3, -0.25) is 5.32 Å². The number of aliphatic hydroxyl groups excluding tert-OH is 1. The molecule has 0 saturated carbocycles. The van der Waals surface area contributed by atoms with E-state index < -0.39 is 5.79 Å². The predicted molar refractivity (Wildman–Crippen MR) is 60.8 cm³/mol. The number of halogens is 1. The molecule has 2 heterocycles. The van der Waals surface area contributed by atoms with Crippen molar-refractivity contribution < 1.29 is 5.11 Å². The van der Waals surface area contributed by atoms with Crippen molar-refractivity contribution >= 4 is 18.2 Å². The van der Waals surface area contributed by atoms with Crippen LogP contribution in [0.2, 0.25) is 0 Å². The molecule has 0 amide bonds. The van der Waals surface area contributed by atoms with E-state index >= 15 is 0 Å². The van der Waals surface area contributed by atoms with Gasteiger partial charge in [-0.25, -0.2) is 10.4 Å². The third kappa shape index (κ3) is 1.97. The Balaban J connectivity index is 0.00000128. The number of likely N-dealkylation sites (N-methyl/N-ethyl adjacent to an activating group) is 1. The largest absolute Gasteiger partial charge is 0.391 e. The van der Waals surface area contributed by atoms with Crippen LogP contribution in [0, 0.1) is 0 Å². The lowest BCUT2D eigenvalue weighted by Gasteiger charge is -2.34. The molecule has 0 aromatic carbocycles. The number of H-pyrrole nitrogens is 1. The molecule has 1 aliphatic heterocycles. The van der Waals surface area contributed by atoms with Crippen molar-refractivity contribution in [1.29, 1.82) is 0 Å². The summed E-state index contributed by atoms with van der Waals surface area (Å²) in [4.78, 5) is 1.89. The predicted octanol–water partition coefficient (Wildman–Crippen LogP) is -1.69. The van der Waals surface area contributed by atoms with Crippen LogP contribution in [0.25, 0.3) is 0 Å². The van der Waals surface area contributed by atoms with Crippen LogP contribution in [0.5, 0.6) is 0 Å². The highest BCUT2D eigenvalue weighted by Gasteiger charge is 2.43. The number of aliphatic hydroxyl groups is 1. The van der Waals surface area contributed by atoms with E-state index in [0.717, 1.165) is 0 Å². The fourth-order valence-electron chi connectivity index (χ4n) is 1.73. The minimum Gasteiger partial charge on any atom is -0.391 e. The molecule has 1 saturated heterocycles. The zero-order valence-electron chi connectivity index (χ0n) is 9.14. The van der Waals surface area contributed by atoms with Gasteiger partial charge in [0.2, 0.25) is 0 Å². The van der Waals surface area contributed by atoms with Crippen molar-refractivity contribution in [3.05, 3.63) is 6.20 Å². The number of aromatic amines is 1. The number of aromatic nitrogens is 3. The summed E-state index contributed by atoms with van der Waals surface area (Å²) in [5.74, 6) is -0.0405. The number of nitrogens with zero attached hydrogens (tertiary/aromatic N) is 4. The second-order valence-electron chi connectivity index (χ2n) is 3.48. The summed E-state index contributed by atoms with van der Waals surface area (Å²) in [6, 6.07) is 0. The van der Waals surface area contributed by atoms with E-state index in [2.05, 4.69) is 26.2 Å². The maximum absolute atomic E-state index is 9.45. The number of hydrogen-bond donors (Lipinski definition) is 4. The van der Waals surface area contributed by atoms with Crippen molar-refractivity contribution in [3.8, 4) is 0 Å². The van der Waals surface area contributed by atoms with E-state index in [4.69, 9.17) is 0 Å². The molecule has 1 atom stereocenters. The van der Waals surface area contributed by atoms with E-state index in [-0.39, 0.29) is 19.0 Å². The third-order valence-corrected chi connectivity index (χ3v) is 2.51. The Bertz CT molecular complexity index is 315. The average molecular weight is 250 g/mol. The fourth-order valence-corrected chi connectivity index (χ4v) is 1.73. The van der Waals surface area contributed by atoms with Crippen LogP contribution in [-0.2, 0) is 0 Å². The number of rotatable bonds is 3. The number of hydrogen-bond acceptors (Lipinski definition) is 7. The Hall–Kier alpha value is -0.930. The fraction of sp³-hybridized carbons (Fsp3) is 0.714. The molecule has 1 aromatic rings. The lowest BCUT2D eigenvalue weighted by Crippen LogP contribution is -2.64. The second-order valence-corrected chi connectivity index (χ2v) is 3.48. The molecule has 1 aliphatic rings. The molecule has 2 rings (SSSR count). The molecule has 9 heteroatoms. The van der Waals surface area contributed by atoms with E-state index in [1.54, 1.807) is 13.2 Å². The Morgan fingerprint density at radius 1 is 1.69 bits per heavy atom. The molecule has 1 fully saturated rings. The molecular weight excluding hydrogens is 234 g/mol. The number of hydrazine groups is 1. The molecule has 1 aromatic heterocycles. The normalized spacial score (nSPS) is 25.8. The van der Waals surface area contributed by atoms with Crippen molar-refractivity contribution in [2.75, 3.05) is 32.3 Å². The highest BCUT2D eigenvalue weighted by Crippen LogP contribution is 2.21. The summed E-state index contributed by atoms with van der Waals surface area (Å²) in [5, 5.41) is 24.7. The maximum Gasteiger partial charge on any atom is 0.185 e. The van der Waals surface area contributed by atoms with Gasteiger partial charge in [-0.15, -0.1) is 17.5 Å². The monoisotopic (exact) mass is 249 g/mol. The summed E-state index contributed by atoms with van der Waals surface area (Å²) >= 11 is 0. The van der Waals surface area contributed by atoms with Crippen LogP contribution in [0.3, 0.4) is 0 Å². The Kier molecular flexibility index (Phi) is 4.05. The number of anilines is 1. The van der Waals surface area contributed by atoms with Gasteiger partial charge in [-0.05, 0) is 7.05 Å². The summed E-state index contributed by atoms with van der Waals surface area (Å²) in [5.41, 5.74) is 3.12. The lowest BCUT2D eigenvalue weighted by atomic mass is 10.3. The molecule has 0 radical (unpaired) electrons. The molecule has 4 N–H and O–H groups in total. The average Bonchev–Trinajstić information content (AvgIpc) is 2.84. The lowest BCUT2D eigenvalue weighted by molar-refractivity contribution is 0.118.